The van der Waals surface area contributed by atoms with Crippen LogP contribution in [0.15, 0.2) is 4.52 Å². The lowest BCUT2D eigenvalue weighted by Crippen LogP contribution is -2.36. The fraction of sp³-hybridized carbons (Fsp3) is 0.700. The van der Waals surface area contributed by atoms with Crippen molar-refractivity contribution in [2.45, 2.75) is 39.7 Å². The molecule has 0 bridgehead atoms. The third kappa shape index (κ3) is 4.29. The Morgan fingerprint density at radius 2 is 2.25 bits per heavy atom. The zero-order valence-electron chi connectivity index (χ0n) is 9.73. The largest absolute Gasteiger partial charge is 0.465 e. The first-order valence-corrected chi connectivity index (χ1v) is 5.26. The molecule has 0 aliphatic rings. The van der Waals surface area contributed by atoms with E-state index in [9.17, 15) is 4.79 Å². The van der Waals surface area contributed by atoms with Gasteiger partial charge in [0.05, 0.1) is 0 Å². The maximum Gasteiger partial charge on any atom is 0.404 e. The molecule has 1 aromatic rings. The average Bonchev–Trinajstić information content (AvgIpc) is 2.48. The molecule has 1 rings (SSSR count). The number of nitrogens with one attached hydrogen (secondary N) is 1. The Hall–Kier alpha value is -1.59. The van der Waals surface area contributed by atoms with Crippen molar-refractivity contribution in [3.8, 4) is 0 Å². The molecular weight excluding hydrogens is 210 g/mol. The lowest BCUT2D eigenvalue weighted by atomic mass is 10.0. The van der Waals surface area contributed by atoms with Crippen LogP contribution in [0.25, 0.3) is 0 Å². The van der Waals surface area contributed by atoms with E-state index in [4.69, 9.17) is 9.63 Å². The lowest BCUT2D eigenvalue weighted by molar-refractivity contribution is 0.186. The Morgan fingerprint density at radius 3 is 2.69 bits per heavy atom. The maximum atomic E-state index is 10.6. The second-order valence-corrected chi connectivity index (χ2v) is 4.22. The fourth-order valence-electron chi connectivity index (χ4n) is 1.57. The van der Waals surface area contributed by atoms with Gasteiger partial charge in [0.1, 0.15) is 0 Å². The summed E-state index contributed by atoms with van der Waals surface area (Å²) >= 11 is 0. The van der Waals surface area contributed by atoms with E-state index in [1.807, 2.05) is 13.8 Å². The van der Waals surface area contributed by atoms with Gasteiger partial charge in [0.25, 0.3) is 0 Å². The van der Waals surface area contributed by atoms with Crippen molar-refractivity contribution in [1.82, 2.24) is 15.5 Å². The Balaban J connectivity index is 2.58. The fourth-order valence-corrected chi connectivity index (χ4v) is 1.57. The van der Waals surface area contributed by atoms with Crippen LogP contribution >= 0.6 is 0 Å². The molecule has 0 saturated carbocycles. The number of carbonyl (C=O) groups is 1. The average molecular weight is 227 g/mol. The molecule has 1 amide bonds. The number of amides is 1. The van der Waals surface area contributed by atoms with Crippen LogP contribution in [0, 0.1) is 12.8 Å². The van der Waals surface area contributed by atoms with Crippen molar-refractivity contribution in [3.63, 3.8) is 0 Å². The highest BCUT2D eigenvalue weighted by atomic mass is 16.5. The summed E-state index contributed by atoms with van der Waals surface area (Å²) in [6.45, 7) is 5.81. The molecule has 0 saturated heterocycles. The van der Waals surface area contributed by atoms with E-state index in [1.165, 1.54) is 0 Å². The molecule has 1 aromatic heterocycles. The first-order valence-electron chi connectivity index (χ1n) is 5.26. The van der Waals surface area contributed by atoms with Gasteiger partial charge in [-0.15, -0.1) is 0 Å². The molecule has 1 heterocycles. The normalized spacial score (nSPS) is 12.8. The standard InChI is InChI=1S/C10H17N3O3/c1-6(2)4-8(12-10(14)15)5-9-11-7(3)13-16-9/h6,8,12H,4-5H2,1-3H3,(H,14,15)/t8-/m0/s1. The minimum absolute atomic E-state index is 0.183. The highest BCUT2D eigenvalue weighted by Crippen LogP contribution is 2.10. The zero-order chi connectivity index (χ0) is 12.1. The van der Waals surface area contributed by atoms with Crippen LogP contribution in [-0.4, -0.2) is 27.4 Å². The van der Waals surface area contributed by atoms with Crippen LogP contribution in [0.1, 0.15) is 32.0 Å². The molecule has 0 unspecified atom stereocenters. The van der Waals surface area contributed by atoms with E-state index in [0.29, 0.717) is 24.1 Å². The van der Waals surface area contributed by atoms with Gasteiger partial charge in [-0.25, -0.2) is 4.79 Å². The van der Waals surface area contributed by atoms with Crippen molar-refractivity contribution >= 4 is 6.09 Å². The van der Waals surface area contributed by atoms with Crippen LogP contribution in [0.5, 0.6) is 0 Å². The van der Waals surface area contributed by atoms with Crippen LogP contribution in [0.2, 0.25) is 0 Å². The number of carboxylic acid groups (broad SMARTS) is 1. The van der Waals surface area contributed by atoms with Gasteiger partial charge in [0, 0.05) is 12.5 Å². The molecule has 0 spiro atoms. The van der Waals surface area contributed by atoms with Gasteiger partial charge in [-0.1, -0.05) is 19.0 Å². The summed E-state index contributed by atoms with van der Waals surface area (Å²) in [5, 5.41) is 14.8. The molecule has 16 heavy (non-hydrogen) atoms. The molecule has 2 N–H and O–H groups in total. The van der Waals surface area contributed by atoms with Crippen LogP contribution in [0.3, 0.4) is 0 Å². The highest BCUT2D eigenvalue weighted by Gasteiger charge is 2.17. The predicted molar refractivity (Wildman–Crippen MR) is 57.1 cm³/mol. The van der Waals surface area contributed by atoms with Gasteiger partial charge in [0.2, 0.25) is 5.89 Å². The van der Waals surface area contributed by atoms with E-state index in [0.717, 1.165) is 6.42 Å². The van der Waals surface area contributed by atoms with Gasteiger partial charge in [-0.05, 0) is 19.3 Å². The molecule has 0 aromatic carbocycles. The predicted octanol–water partition coefficient (Wildman–Crippen LogP) is 1.60. The van der Waals surface area contributed by atoms with Gasteiger partial charge < -0.3 is 14.9 Å². The van der Waals surface area contributed by atoms with E-state index < -0.39 is 6.09 Å². The topological polar surface area (TPSA) is 88.2 Å². The van der Waals surface area contributed by atoms with Crippen molar-refractivity contribution < 1.29 is 14.4 Å². The number of rotatable bonds is 5. The van der Waals surface area contributed by atoms with Crippen LogP contribution < -0.4 is 5.32 Å². The van der Waals surface area contributed by atoms with Crippen molar-refractivity contribution in [1.29, 1.82) is 0 Å². The molecule has 0 fully saturated rings. The number of hydrogen-bond acceptors (Lipinski definition) is 4. The van der Waals surface area contributed by atoms with E-state index in [2.05, 4.69) is 15.5 Å². The summed E-state index contributed by atoms with van der Waals surface area (Å²) in [7, 11) is 0. The molecular formula is C10H17N3O3. The van der Waals surface area contributed by atoms with Crippen LogP contribution in [-0.2, 0) is 6.42 Å². The van der Waals surface area contributed by atoms with Crippen molar-refractivity contribution in [2.24, 2.45) is 5.92 Å². The Kier molecular flexibility index (Phi) is 4.28. The quantitative estimate of drug-likeness (QED) is 0.797. The molecule has 6 nitrogen and oxygen atoms in total. The molecule has 0 aliphatic heterocycles. The van der Waals surface area contributed by atoms with Gasteiger partial charge in [0.15, 0.2) is 5.82 Å². The maximum absolute atomic E-state index is 10.6. The van der Waals surface area contributed by atoms with Gasteiger partial charge in [-0.2, -0.15) is 4.98 Å². The summed E-state index contributed by atoms with van der Waals surface area (Å²) < 4.78 is 4.96. The Labute approximate surface area is 94.0 Å². The van der Waals surface area contributed by atoms with Gasteiger partial charge >= 0.3 is 6.09 Å². The third-order valence-electron chi connectivity index (χ3n) is 2.07. The lowest BCUT2D eigenvalue weighted by Gasteiger charge is -2.16. The Morgan fingerprint density at radius 1 is 1.56 bits per heavy atom. The van der Waals surface area contributed by atoms with Crippen molar-refractivity contribution in [3.05, 3.63) is 11.7 Å². The smallest absolute Gasteiger partial charge is 0.404 e. The van der Waals surface area contributed by atoms with E-state index in [1.54, 1.807) is 6.92 Å². The van der Waals surface area contributed by atoms with Crippen LogP contribution in [0.4, 0.5) is 4.79 Å². The third-order valence-corrected chi connectivity index (χ3v) is 2.07. The Bertz CT molecular complexity index is 349. The number of aryl methyl sites for hydroxylation is 1. The minimum atomic E-state index is -1.03. The number of aromatic nitrogens is 2. The molecule has 1 atom stereocenters. The summed E-state index contributed by atoms with van der Waals surface area (Å²) in [4.78, 5) is 14.7. The first kappa shape index (κ1) is 12.5. The molecule has 6 heteroatoms. The van der Waals surface area contributed by atoms with E-state index >= 15 is 0 Å². The van der Waals surface area contributed by atoms with Crippen molar-refractivity contribution in [2.75, 3.05) is 0 Å². The highest BCUT2D eigenvalue weighted by molar-refractivity contribution is 5.64. The molecule has 0 radical (unpaired) electrons. The summed E-state index contributed by atoms with van der Waals surface area (Å²) in [6.07, 6.45) is 0.154. The SMILES string of the molecule is Cc1noc(C[C@H](CC(C)C)NC(=O)O)n1. The second kappa shape index (κ2) is 5.48. The number of nitrogens with zero attached hydrogens (tertiary/aromatic N) is 2. The van der Waals surface area contributed by atoms with E-state index in [-0.39, 0.29) is 6.04 Å². The monoisotopic (exact) mass is 227 g/mol. The molecule has 0 aliphatic carbocycles. The summed E-state index contributed by atoms with van der Waals surface area (Å²) in [5.74, 6) is 1.44. The first-order chi connectivity index (χ1) is 7.47. The second-order valence-electron chi connectivity index (χ2n) is 4.22. The number of hydrogen-bond donors (Lipinski definition) is 2. The summed E-state index contributed by atoms with van der Waals surface area (Å²) in [6, 6.07) is -0.183. The zero-order valence-corrected chi connectivity index (χ0v) is 9.73. The summed E-state index contributed by atoms with van der Waals surface area (Å²) in [5.41, 5.74) is 0. The van der Waals surface area contributed by atoms with Gasteiger partial charge in [-0.3, -0.25) is 0 Å². The molecule has 90 valence electrons. The minimum Gasteiger partial charge on any atom is -0.465 e.